The summed E-state index contributed by atoms with van der Waals surface area (Å²) in [6.07, 6.45) is -0.119. The van der Waals surface area contributed by atoms with Crippen LogP contribution in [-0.4, -0.2) is 80.6 Å². The van der Waals surface area contributed by atoms with Gasteiger partial charge >= 0.3 is 30.0 Å². The Morgan fingerprint density at radius 1 is 0.895 bits per heavy atom. The highest BCUT2D eigenvalue weighted by Gasteiger charge is 2.45. The monoisotopic (exact) mass is 804 g/mol. The molecule has 1 fully saturated rings. The van der Waals surface area contributed by atoms with Crippen LogP contribution in [0.1, 0.15) is 35.2 Å². The Morgan fingerprint density at radius 3 is 2.21 bits per heavy atom. The molecule has 0 atom stereocenters. The summed E-state index contributed by atoms with van der Waals surface area (Å²) in [7, 11) is 1.09. The number of methoxy groups -OCH3 is 1. The van der Waals surface area contributed by atoms with E-state index in [0.717, 1.165) is 18.4 Å². The number of aromatic nitrogens is 5. The van der Waals surface area contributed by atoms with Gasteiger partial charge in [-0.05, 0) is 85.1 Å². The fourth-order valence-corrected chi connectivity index (χ4v) is 5.41. The van der Waals surface area contributed by atoms with Crippen LogP contribution in [0.15, 0.2) is 96.2 Å². The molecule has 0 aliphatic heterocycles. The van der Waals surface area contributed by atoms with E-state index in [0.29, 0.717) is 29.2 Å². The number of amides is 3. The molecule has 294 valence electrons. The average Bonchev–Trinajstić information content (AvgIpc) is 3.75. The van der Waals surface area contributed by atoms with Crippen LogP contribution in [0.3, 0.4) is 0 Å². The minimum absolute atomic E-state index is 0.0398. The minimum Gasteiger partial charge on any atom is -0.465 e. The van der Waals surface area contributed by atoms with E-state index in [1.165, 1.54) is 24.3 Å². The molecule has 57 heavy (non-hydrogen) atoms. The highest BCUT2D eigenvalue weighted by molar-refractivity contribution is 6.40. The third-order valence-corrected chi connectivity index (χ3v) is 8.52. The van der Waals surface area contributed by atoms with Gasteiger partial charge < -0.3 is 30.7 Å². The van der Waals surface area contributed by atoms with E-state index in [4.69, 9.17) is 21.1 Å². The van der Waals surface area contributed by atoms with Crippen LogP contribution in [0.5, 0.6) is 6.01 Å². The van der Waals surface area contributed by atoms with Gasteiger partial charge in [0.2, 0.25) is 11.9 Å². The van der Waals surface area contributed by atoms with Crippen molar-refractivity contribution < 1.29 is 41.8 Å². The molecule has 0 spiro atoms. The lowest BCUT2D eigenvalue weighted by Crippen LogP contribution is -2.37. The maximum atomic E-state index is 13.0. The number of alkyl halides is 3. The third kappa shape index (κ3) is 10.9. The predicted octanol–water partition coefficient (Wildman–Crippen LogP) is 5.40. The smallest absolute Gasteiger partial charge is 0.422 e. The van der Waals surface area contributed by atoms with Crippen LogP contribution in [0.2, 0.25) is 5.02 Å². The molecule has 3 amide bonds. The number of rotatable bonds is 14. The van der Waals surface area contributed by atoms with Crippen molar-refractivity contribution in [2.24, 2.45) is 4.99 Å². The van der Waals surface area contributed by atoms with Gasteiger partial charge in [-0.25, -0.2) is 14.5 Å². The van der Waals surface area contributed by atoms with Crippen LogP contribution in [0.25, 0.3) is 5.69 Å². The fourth-order valence-electron chi connectivity index (χ4n) is 5.29. The number of esters is 1. The molecule has 0 saturated heterocycles. The van der Waals surface area contributed by atoms with Gasteiger partial charge in [-0.2, -0.15) is 33.2 Å². The van der Waals surface area contributed by atoms with E-state index in [9.17, 15) is 32.3 Å². The Balaban J connectivity index is 1.07. The molecule has 1 saturated carbocycles. The van der Waals surface area contributed by atoms with E-state index < -0.39 is 48.0 Å². The number of nitrogens with one attached hydrogen (secondary N) is 4. The summed E-state index contributed by atoms with van der Waals surface area (Å²) in [5.41, 5.74) is 1.49. The van der Waals surface area contributed by atoms with Crippen LogP contribution < -0.4 is 26.0 Å². The van der Waals surface area contributed by atoms with Crippen molar-refractivity contribution in [2.75, 3.05) is 36.2 Å². The number of anilines is 4. The van der Waals surface area contributed by atoms with Gasteiger partial charge in [0.25, 0.3) is 5.91 Å². The molecule has 0 radical (unpaired) electrons. The van der Waals surface area contributed by atoms with Crippen LogP contribution in [0, 0.1) is 0 Å². The number of carbonyl (C=O) groups is 4. The Morgan fingerprint density at radius 2 is 1.58 bits per heavy atom. The minimum atomic E-state index is -4.64. The zero-order chi connectivity index (χ0) is 40.6. The average molecular weight is 805 g/mol. The highest BCUT2D eigenvalue weighted by atomic mass is 35.5. The normalized spacial score (nSPS) is 13.2. The number of benzene rings is 3. The molecule has 3 aromatic carbocycles. The summed E-state index contributed by atoms with van der Waals surface area (Å²) in [5, 5.41) is 15.5. The van der Waals surface area contributed by atoms with Crippen molar-refractivity contribution >= 4 is 64.3 Å². The second kappa shape index (κ2) is 17.3. The lowest BCUT2D eigenvalue weighted by Gasteiger charge is -2.19. The third-order valence-electron chi connectivity index (χ3n) is 8.27. The van der Waals surface area contributed by atoms with Crippen molar-refractivity contribution in [3.8, 4) is 11.7 Å². The summed E-state index contributed by atoms with van der Waals surface area (Å²) in [6.45, 7) is -1.86. The van der Waals surface area contributed by atoms with E-state index in [2.05, 4.69) is 46.3 Å². The van der Waals surface area contributed by atoms with E-state index in [-0.39, 0.29) is 36.1 Å². The fraction of sp³-hybridized carbons (Fsp3) is 0.216. The molecule has 2 heterocycles. The van der Waals surface area contributed by atoms with Crippen LogP contribution in [0.4, 0.5) is 36.4 Å². The molecule has 20 heteroatoms. The largest absolute Gasteiger partial charge is 0.465 e. The second-order valence-electron chi connectivity index (χ2n) is 12.4. The first kappa shape index (κ1) is 39.8. The first-order chi connectivity index (χ1) is 27.3. The molecule has 4 N–H and O–H groups in total. The summed E-state index contributed by atoms with van der Waals surface area (Å²) < 4.78 is 50.1. The standard InChI is InChI=1S/C37H32ClF3N10O6/c1-56-32(55)28(15-19-42-30(53)31(54)44-25-11-13-27(14-12-25)51-20-2-18-43-51)46-29(52)22-3-9-26(10-4-22)45-33-47-34(49-35(48-33)57-21-37(39,40)41)50-36(16-17-36)23-5-7-24(38)8-6-23/h2-14,18,20H,15-17,19,21H2,1H3,(H,42,53)(H,44,54)(H2,45,47,48,49,50). The summed E-state index contributed by atoms with van der Waals surface area (Å²) in [4.78, 5) is 66.5. The maximum absolute atomic E-state index is 13.0. The van der Waals surface area contributed by atoms with Gasteiger partial charge in [-0.15, -0.1) is 0 Å². The Labute approximate surface area is 326 Å². The molecular formula is C37H32ClF3N10O6. The first-order valence-corrected chi connectivity index (χ1v) is 17.4. The predicted molar refractivity (Wildman–Crippen MR) is 201 cm³/mol. The van der Waals surface area contributed by atoms with Gasteiger partial charge in [0.15, 0.2) is 6.61 Å². The van der Waals surface area contributed by atoms with Crippen molar-refractivity contribution in [1.82, 2.24) is 30.0 Å². The Kier molecular flexibility index (Phi) is 12.1. The summed E-state index contributed by atoms with van der Waals surface area (Å²) in [6, 6.07) is 20.5. The quantitative estimate of drug-likeness (QED) is 0.0634. The van der Waals surface area contributed by atoms with Gasteiger partial charge in [0, 0.05) is 47.3 Å². The first-order valence-electron chi connectivity index (χ1n) is 17.1. The molecule has 1 aliphatic rings. The van der Waals surface area contributed by atoms with Crippen LogP contribution >= 0.6 is 11.6 Å². The second-order valence-corrected chi connectivity index (χ2v) is 12.8. The number of hydrogen-bond donors (Lipinski definition) is 4. The van der Waals surface area contributed by atoms with Crippen molar-refractivity contribution in [3.63, 3.8) is 0 Å². The van der Waals surface area contributed by atoms with Gasteiger partial charge in [0.1, 0.15) is 5.71 Å². The number of nitrogens with zero attached hydrogens (tertiary/aromatic N) is 6. The summed E-state index contributed by atoms with van der Waals surface area (Å²) >= 11 is 6.03. The summed E-state index contributed by atoms with van der Waals surface area (Å²) in [5.74, 6) is -3.88. The Bertz CT molecular complexity index is 2270. The Hall–Kier alpha value is -6.89. The zero-order valence-corrected chi connectivity index (χ0v) is 30.6. The van der Waals surface area contributed by atoms with Crippen molar-refractivity contribution in [3.05, 3.63) is 107 Å². The number of hydrogen-bond acceptors (Lipinski definition) is 12. The van der Waals surface area contributed by atoms with E-state index >= 15 is 0 Å². The molecule has 2 aromatic heterocycles. The van der Waals surface area contributed by atoms with E-state index in [1.54, 1.807) is 59.5 Å². The number of halogens is 4. The lowest BCUT2D eigenvalue weighted by molar-refractivity contribution is -0.154. The number of ether oxygens (including phenoxy) is 2. The highest BCUT2D eigenvalue weighted by Crippen LogP contribution is 2.48. The van der Waals surface area contributed by atoms with Crippen molar-refractivity contribution in [1.29, 1.82) is 0 Å². The SMILES string of the molecule is COC(=O)C(CCNC(=O)C(=O)Nc1ccc(-n2cccn2)cc1)=NC(=O)c1ccc(Nc2nc(NC3(c4ccc(Cl)cc4)CC3)nc(OCC(F)(F)F)n2)cc1. The van der Waals surface area contributed by atoms with Gasteiger partial charge in [-0.3, -0.25) is 14.4 Å². The number of aliphatic imine (C=N–C) groups is 1. The van der Waals surface area contributed by atoms with Crippen molar-refractivity contribution in [2.45, 2.75) is 31.0 Å². The van der Waals surface area contributed by atoms with Gasteiger partial charge in [0.05, 0.1) is 18.3 Å². The molecule has 6 rings (SSSR count). The lowest BCUT2D eigenvalue weighted by atomic mass is 10.1. The molecule has 5 aromatic rings. The maximum Gasteiger partial charge on any atom is 0.422 e. The number of carbonyl (C=O) groups excluding carboxylic acids is 4. The van der Waals surface area contributed by atoms with Crippen LogP contribution in [-0.2, 0) is 24.7 Å². The molecule has 16 nitrogen and oxygen atoms in total. The molecular weight excluding hydrogens is 773 g/mol. The van der Waals surface area contributed by atoms with E-state index in [1.807, 2.05) is 12.1 Å². The topological polar surface area (TPSA) is 204 Å². The molecule has 0 unspecified atom stereocenters. The zero-order valence-electron chi connectivity index (χ0n) is 29.8. The van der Waals surface area contributed by atoms with Gasteiger partial charge in [-0.1, -0.05) is 23.7 Å². The molecule has 1 aliphatic carbocycles. The molecule has 0 bridgehead atoms.